The zero-order valence-electron chi connectivity index (χ0n) is 14.0. The molecule has 0 saturated heterocycles. The summed E-state index contributed by atoms with van der Waals surface area (Å²) in [5.41, 5.74) is 1.22. The third-order valence-electron chi connectivity index (χ3n) is 4.14. The first-order valence-electron chi connectivity index (χ1n) is 7.89. The fourth-order valence-corrected chi connectivity index (χ4v) is 2.97. The van der Waals surface area contributed by atoms with Gasteiger partial charge in [-0.15, -0.1) is 0 Å². The lowest BCUT2D eigenvalue weighted by atomic mass is 10.1. The second-order valence-electron chi connectivity index (χ2n) is 5.92. The van der Waals surface area contributed by atoms with Crippen molar-refractivity contribution in [3.63, 3.8) is 0 Å². The van der Waals surface area contributed by atoms with Gasteiger partial charge < -0.3 is 0 Å². The number of alkyl halides is 2. The minimum Gasteiger partial charge on any atom is -0.275 e. The Bertz CT molecular complexity index is 1110. The zero-order valence-corrected chi connectivity index (χ0v) is 14.0. The molecule has 0 amide bonds. The number of aromatic nitrogens is 5. The summed E-state index contributed by atoms with van der Waals surface area (Å²) in [6.07, 6.45) is -1.03. The van der Waals surface area contributed by atoms with Gasteiger partial charge in [-0.3, -0.25) is 4.68 Å². The number of fused-ring (bicyclic) bond motifs is 1. The highest BCUT2D eigenvalue weighted by Crippen LogP contribution is 2.33. The molecule has 1 aromatic carbocycles. The van der Waals surface area contributed by atoms with Crippen molar-refractivity contribution >= 4 is 11.0 Å². The Morgan fingerprint density at radius 3 is 2.46 bits per heavy atom. The molecule has 0 aliphatic rings. The largest absolute Gasteiger partial charge is 0.275 e. The molecule has 0 aliphatic heterocycles. The maximum Gasteiger partial charge on any atom is 0.264 e. The van der Waals surface area contributed by atoms with E-state index in [1.165, 1.54) is 22.9 Å². The molecule has 0 saturated carbocycles. The number of aryl methyl sites for hydroxylation is 2. The third-order valence-corrected chi connectivity index (χ3v) is 4.14. The predicted octanol–water partition coefficient (Wildman–Crippen LogP) is 4.21. The van der Waals surface area contributed by atoms with Gasteiger partial charge in [-0.1, -0.05) is 12.1 Å². The smallest absolute Gasteiger partial charge is 0.264 e. The van der Waals surface area contributed by atoms with Crippen molar-refractivity contribution < 1.29 is 13.2 Å². The van der Waals surface area contributed by atoms with E-state index >= 15 is 0 Å². The van der Waals surface area contributed by atoms with Crippen LogP contribution in [0.1, 0.15) is 17.7 Å². The van der Waals surface area contributed by atoms with Gasteiger partial charge >= 0.3 is 0 Å². The van der Waals surface area contributed by atoms with Crippen LogP contribution in [0.15, 0.2) is 42.6 Å². The summed E-state index contributed by atoms with van der Waals surface area (Å²) < 4.78 is 44.5. The maximum absolute atomic E-state index is 14.2. The number of rotatable bonds is 3. The van der Waals surface area contributed by atoms with Crippen LogP contribution in [0.25, 0.3) is 28.1 Å². The molecule has 0 unspecified atom stereocenters. The van der Waals surface area contributed by atoms with E-state index in [9.17, 15) is 13.2 Å². The van der Waals surface area contributed by atoms with Gasteiger partial charge in [0.05, 0.1) is 16.8 Å². The predicted molar refractivity (Wildman–Crippen MR) is 90.7 cm³/mol. The van der Waals surface area contributed by atoms with Crippen LogP contribution in [-0.4, -0.2) is 24.5 Å². The summed E-state index contributed by atoms with van der Waals surface area (Å²) in [7, 11) is 1.73. The monoisotopic (exact) mass is 357 g/mol. The molecule has 3 aromatic heterocycles. The van der Waals surface area contributed by atoms with Crippen molar-refractivity contribution in [3.8, 4) is 17.1 Å². The van der Waals surface area contributed by atoms with Gasteiger partial charge in [0, 0.05) is 18.8 Å². The fourth-order valence-electron chi connectivity index (χ4n) is 2.97. The Balaban J connectivity index is 2.06. The molecule has 0 radical (unpaired) electrons. The standard InChI is InChI=1S/C18H14F3N5/c1-10-16-11(17(20)21)9-14(13-7-8-25(2)24-13)22-18(16)26(23-10)15-6-4-3-5-12(15)19/h3-9,17H,1-2H3. The lowest BCUT2D eigenvalue weighted by Crippen LogP contribution is -2.02. The number of hydrogen-bond donors (Lipinski definition) is 0. The van der Waals surface area contributed by atoms with Crippen molar-refractivity contribution in [1.29, 1.82) is 0 Å². The molecule has 3 heterocycles. The van der Waals surface area contributed by atoms with Gasteiger partial charge in [0.15, 0.2) is 5.65 Å². The van der Waals surface area contributed by atoms with Crippen LogP contribution in [-0.2, 0) is 7.05 Å². The first kappa shape index (κ1) is 16.3. The second kappa shape index (κ2) is 5.98. The third kappa shape index (κ3) is 2.54. The summed E-state index contributed by atoms with van der Waals surface area (Å²) >= 11 is 0. The van der Waals surface area contributed by atoms with Crippen LogP contribution in [0.3, 0.4) is 0 Å². The summed E-state index contributed by atoms with van der Waals surface area (Å²) in [5.74, 6) is -0.513. The maximum atomic E-state index is 14.2. The topological polar surface area (TPSA) is 48.5 Å². The van der Waals surface area contributed by atoms with E-state index in [4.69, 9.17) is 0 Å². The van der Waals surface area contributed by atoms with E-state index in [0.717, 1.165) is 0 Å². The molecule has 0 atom stereocenters. The minimum absolute atomic E-state index is 0.150. The molecular weight excluding hydrogens is 343 g/mol. The molecule has 4 aromatic rings. The lowest BCUT2D eigenvalue weighted by molar-refractivity contribution is 0.153. The van der Waals surface area contributed by atoms with Gasteiger partial charge in [0.2, 0.25) is 0 Å². The minimum atomic E-state index is -2.72. The molecule has 4 rings (SSSR count). The molecule has 0 spiro atoms. The Morgan fingerprint density at radius 1 is 1.04 bits per heavy atom. The van der Waals surface area contributed by atoms with Crippen LogP contribution in [0.5, 0.6) is 0 Å². The van der Waals surface area contributed by atoms with Crippen molar-refractivity contribution in [1.82, 2.24) is 24.5 Å². The fraction of sp³-hybridized carbons (Fsp3) is 0.167. The first-order valence-corrected chi connectivity index (χ1v) is 7.89. The van der Waals surface area contributed by atoms with Gasteiger partial charge in [-0.05, 0) is 31.2 Å². The summed E-state index contributed by atoms with van der Waals surface area (Å²) in [5, 5.41) is 8.70. The zero-order chi connectivity index (χ0) is 18.4. The van der Waals surface area contributed by atoms with Crippen LogP contribution in [0.4, 0.5) is 13.2 Å². The molecule has 26 heavy (non-hydrogen) atoms. The molecule has 8 heteroatoms. The van der Waals surface area contributed by atoms with E-state index in [0.29, 0.717) is 11.4 Å². The number of nitrogens with zero attached hydrogens (tertiary/aromatic N) is 5. The van der Waals surface area contributed by atoms with Gasteiger partial charge in [0.1, 0.15) is 17.2 Å². The number of para-hydroxylation sites is 1. The SMILES string of the molecule is Cc1nn(-c2ccccc2F)c2nc(-c3ccn(C)n3)cc(C(F)F)c12. The van der Waals surface area contributed by atoms with Crippen LogP contribution >= 0.6 is 0 Å². The van der Waals surface area contributed by atoms with Crippen LogP contribution < -0.4 is 0 Å². The number of halogens is 3. The molecular formula is C18H14F3N5. The highest BCUT2D eigenvalue weighted by Gasteiger charge is 2.23. The number of hydrogen-bond acceptors (Lipinski definition) is 3. The molecule has 0 fully saturated rings. The Hall–Kier alpha value is -3.16. The van der Waals surface area contributed by atoms with Gasteiger partial charge in [-0.25, -0.2) is 22.8 Å². The van der Waals surface area contributed by atoms with E-state index in [1.807, 2.05) is 0 Å². The normalized spacial score (nSPS) is 11.6. The summed E-state index contributed by atoms with van der Waals surface area (Å²) in [6.45, 7) is 1.60. The van der Waals surface area contributed by atoms with Crippen LogP contribution in [0, 0.1) is 12.7 Å². The number of pyridine rings is 1. The Morgan fingerprint density at radius 2 is 1.81 bits per heavy atom. The van der Waals surface area contributed by atoms with Gasteiger partial charge in [-0.2, -0.15) is 10.2 Å². The van der Waals surface area contributed by atoms with E-state index in [1.54, 1.807) is 43.0 Å². The highest BCUT2D eigenvalue weighted by atomic mass is 19.3. The van der Waals surface area contributed by atoms with Gasteiger partial charge in [0.25, 0.3) is 6.43 Å². The molecule has 5 nitrogen and oxygen atoms in total. The first-order chi connectivity index (χ1) is 12.5. The van der Waals surface area contributed by atoms with Crippen molar-refractivity contribution in [2.75, 3.05) is 0 Å². The Labute approximate surface area is 146 Å². The van der Waals surface area contributed by atoms with E-state index in [-0.39, 0.29) is 28.0 Å². The van der Waals surface area contributed by atoms with E-state index in [2.05, 4.69) is 15.2 Å². The quantitative estimate of drug-likeness (QED) is 0.552. The lowest BCUT2D eigenvalue weighted by Gasteiger charge is -2.08. The summed E-state index contributed by atoms with van der Waals surface area (Å²) in [4.78, 5) is 4.46. The molecule has 0 aliphatic carbocycles. The molecule has 132 valence electrons. The average molecular weight is 357 g/mol. The molecule has 0 bridgehead atoms. The highest BCUT2D eigenvalue weighted by molar-refractivity contribution is 5.86. The van der Waals surface area contributed by atoms with Crippen molar-refractivity contribution in [2.24, 2.45) is 7.05 Å². The van der Waals surface area contributed by atoms with Crippen molar-refractivity contribution in [3.05, 3.63) is 59.7 Å². The molecule has 0 N–H and O–H groups in total. The second-order valence-corrected chi connectivity index (χ2v) is 5.92. The summed E-state index contributed by atoms with van der Waals surface area (Å²) in [6, 6.07) is 9.01. The van der Waals surface area contributed by atoms with Crippen LogP contribution in [0.2, 0.25) is 0 Å². The van der Waals surface area contributed by atoms with Crippen molar-refractivity contribution in [2.45, 2.75) is 13.3 Å². The van der Waals surface area contributed by atoms with E-state index < -0.39 is 12.2 Å². The number of benzene rings is 1. The Kier molecular flexibility index (Phi) is 3.75. The average Bonchev–Trinajstić information content (AvgIpc) is 3.18.